The van der Waals surface area contributed by atoms with E-state index < -0.39 is 6.10 Å². The molecule has 1 heterocycles. The van der Waals surface area contributed by atoms with Crippen LogP contribution in [0.15, 0.2) is 66.7 Å². The van der Waals surface area contributed by atoms with Crippen molar-refractivity contribution in [2.24, 2.45) is 11.8 Å². The largest absolute Gasteiger partial charge is 0.483 e. The van der Waals surface area contributed by atoms with Gasteiger partial charge in [0.25, 0.3) is 0 Å². The summed E-state index contributed by atoms with van der Waals surface area (Å²) in [5.41, 5.74) is 1.13. The van der Waals surface area contributed by atoms with Crippen LogP contribution in [0.25, 0.3) is 0 Å². The number of allylic oxidation sites excluding steroid dienone is 2. The summed E-state index contributed by atoms with van der Waals surface area (Å²) in [5, 5.41) is 0. The number of imide groups is 1. The lowest BCUT2D eigenvalue weighted by Crippen LogP contribution is -2.30. The van der Waals surface area contributed by atoms with Crippen LogP contribution in [0.3, 0.4) is 0 Å². The second kappa shape index (κ2) is 7.43. The average molecular weight is 375 g/mol. The number of hydrogen-bond acceptors (Lipinski definition) is 4. The number of rotatable bonds is 5. The number of amides is 2. The molecule has 2 aliphatic rings. The minimum atomic E-state index is -0.641. The van der Waals surface area contributed by atoms with Crippen LogP contribution in [-0.4, -0.2) is 23.7 Å². The highest BCUT2D eigenvalue weighted by Gasteiger charge is 2.47. The minimum Gasteiger partial charge on any atom is -0.483 e. The number of nitrogens with zero attached hydrogens (tertiary/aromatic N) is 1. The van der Waals surface area contributed by atoms with Crippen LogP contribution < -0.4 is 9.64 Å². The van der Waals surface area contributed by atoms with Crippen molar-refractivity contribution in [1.29, 1.82) is 0 Å². The molecule has 0 N–H and O–H groups in total. The maximum Gasteiger partial charge on any atom is 0.238 e. The Bertz CT molecular complexity index is 907. The fourth-order valence-electron chi connectivity index (χ4n) is 3.82. The van der Waals surface area contributed by atoms with Crippen molar-refractivity contribution in [3.05, 3.63) is 72.3 Å². The molecule has 5 nitrogen and oxygen atoms in total. The molecule has 3 atom stereocenters. The van der Waals surface area contributed by atoms with Gasteiger partial charge in [-0.1, -0.05) is 42.5 Å². The molecule has 0 saturated carbocycles. The highest BCUT2D eigenvalue weighted by Crippen LogP contribution is 2.38. The molecule has 5 heteroatoms. The molecule has 0 spiro atoms. The first-order valence-corrected chi connectivity index (χ1v) is 9.45. The van der Waals surface area contributed by atoms with Gasteiger partial charge in [-0.15, -0.1) is 0 Å². The summed E-state index contributed by atoms with van der Waals surface area (Å²) in [5.74, 6) is -0.375. The molecule has 1 aliphatic heterocycles. The van der Waals surface area contributed by atoms with Gasteiger partial charge in [-0.25, -0.2) is 0 Å². The topological polar surface area (TPSA) is 63.7 Å². The molecular weight excluding hydrogens is 354 g/mol. The Morgan fingerprint density at radius 3 is 2.07 bits per heavy atom. The third kappa shape index (κ3) is 3.24. The standard InChI is InChI=1S/C23H21NO4/c1-15(21(25)16-7-3-2-4-8-16)28-18-13-11-17(12-14-18)24-22(26)19-9-5-6-10-20(19)23(24)27/h2-8,11-15,19-20H,9-10H2,1H3/t15-,19-,20+/m0/s1. The molecule has 28 heavy (non-hydrogen) atoms. The second-order valence-corrected chi connectivity index (χ2v) is 7.15. The van der Waals surface area contributed by atoms with Crippen molar-refractivity contribution in [2.75, 3.05) is 4.90 Å². The van der Waals surface area contributed by atoms with Gasteiger partial charge in [0.2, 0.25) is 17.6 Å². The van der Waals surface area contributed by atoms with Crippen LogP contribution in [0, 0.1) is 11.8 Å². The average Bonchev–Trinajstić information content (AvgIpc) is 2.99. The molecule has 1 saturated heterocycles. The zero-order chi connectivity index (χ0) is 19.7. The number of Topliss-reactive ketones (excluding diaryl/α,β-unsaturated/α-hetero) is 1. The Kier molecular flexibility index (Phi) is 4.82. The van der Waals surface area contributed by atoms with Gasteiger partial charge in [0.15, 0.2) is 6.10 Å². The van der Waals surface area contributed by atoms with E-state index >= 15 is 0 Å². The maximum atomic E-state index is 12.7. The smallest absolute Gasteiger partial charge is 0.238 e. The molecule has 2 aromatic rings. The summed E-state index contributed by atoms with van der Waals surface area (Å²) in [7, 11) is 0. The van der Waals surface area contributed by atoms with Gasteiger partial charge in [0.05, 0.1) is 17.5 Å². The molecule has 0 bridgehead atoms. The fourth-order valence-corrected chi connectivity index (χ4v) is 3.82. The number of ether oxygens (including phenoxy) is 1. The summed E-state index contributed by atoms with van der Waals surface area (Å²) < 4.78 is 5.75. The van der Waals surface area contributed by atoms with Crippen LogP contribution in [0.4, 0.5) is 5.69 Å². The molecule has 2 amide bonds. The van der Waals surface area contributed by atoms with Crippen LogP contribution >= 0.6 is 0 Å². The van der Waals surface area contributed by atoms with Gasteiger partial charge >= 0.3 is 0 Å². The lowest BCUT2D eigenvalue weighted by Gasteiger charge is -2.17. The maximum absolute atomic E-state index is 12.7. The van der Waals surface area contributed by atoms with E-state index in [0.717, 1.165) is 0 Å². The van der Waals surface area contributed by atoms with E-state index in [4.69, 9.17) is 4.74 Å². The van der Waals surface area contributed by atoms with Gasteiger partial charge < -0.3 is 4.74 Å². The second-order valence-electron chi connectivity index (χ2n) is 7.15. The van der Waals surface area contributed by atoms with E-state index in [0.29, 0.717) is 29.8 Å². The van der Waals surface area contributed by atoms with Crippen molar-refractivity contribution < 1.29 is 19.1 Å². The van der Waals surface area contributed by atoms with E-state index in [-0.39, 0.29) is 29.4 Å². The molecule has 0 radical (unpaired) electrons. The van der Waals surface area contributed by atoms with Crippen molar-refractivity contribution in [3.8, 4) is 5.75 Å². The molecule has 1 fully saturated rings. The molecule has 142 valence electrons. The van der Waals surface area contributed by atoms with Crippen molar-refractivity contribution in [3.63, 3.8) is 0 Å². The van der Waals surface area contributed by atoms with Crippen LogP contribution in [0.2, 0.25) is 0 Å². The lowest BCUT2D eigenvalue weighted by atomic mass is 9.85. The summed E-state index contributed by atoms with van der Waals surface area (Å²) in [6.45, 7) is 1.70. The zero-order valence-electron chi connectivity index (χ0n) is 15.6. The van der Waals surface area contributed by atoms with E-state index in [1.807, 2.05) is 30.4 Å². The Morgan fingerprint density at radius 2 is 1.50 bits per heavy atom. The summed E-state index contributed by atoms with van der Waals surface area (Å²) >= 11 is 0. The monoisotopic (exact) mass is 375 g/mol. The predicted octanol–water partition coefficient (Wildman–Crippen LogP) is 3.79. The van der Waals surface area contributed by atoms with Crippen molar-refractivity contribution in [2.45, 2.75) is 25.9 Å². The Morgan fingerprint density at radius 1 is 0.929 bits per heavy atom. The van der Waals surface area contributed by atoms with E-state index in [1.165, 1.54) is 4.90 Å². The third-order valence-corrected chi connectivity index (χ3v) is 5.34. The first-order chi connectivity index (χ1) is 13.6. The number of carbonyl (C=O) groups is 3. The Hall–Kier alpha value is -3.21. The van der Waals surface area contributed by atoms with E-state index in [1.54, 1.807) is 43.3 Å². The summed E-state index contributed by atoms with van der Waals surface area (Å²) in [6.07, 6.45) is 4.53. The SMILES string of the molecule is C[C@H](Oc1ccc(N2C(=O)[C@H]3CC=CC[C@H]3C2=O)cc1)C(=O)c1ccccc1. The van der Waals surface area contributed by atoms with Gasteiger partial charge in [-0.3, -0.25) is 19.3 Å². The normalized spacial score (nSPS) is 22.1. The fraction of sp³-hybridized carbons (Fsp3) is 0.261. The van der Waals surface area contributed by atoms with Gasteiger partial charge in [-0.2, -0.15) is 0 Å². The van der Waals surface area contributed by atoms with Crippen LogP contribution in [-0.2, 0) is 9.59 Å². The quantitative estimate of drug-likeness (QED) is 0.453. The third-order valence-electron chi connectivity index (χ3n) is 5.34. The molecule has 0 aromatic heterocycles. The number of ketones is 1. The summed E-state index contributed by atoms with van der Waals surface area (Å²) in [6, 6.07) is 15.7. The summed E-state index contributed by atoms with van der Waals surface area (Å²) in [4.78, 5) is 39.0. The number of benzene rings is 2. The molecule has 0 unspecified atom stereocenters. The molecule has 2 aromatic carbocycles. The number of fused-ring (bicyclic) bond motifs is 1. The molecule has 1 aliphatic carbocycles. The van der Waals surface area contributed by atoms with Gasteiger partial charge in [-0.05, 0) is 44.0 Å². The zero-order valence-corrected chi connectivity index (χ0v) is 15.6. The molecular formula is C23H21NO4. The van der Waals surface area contributed by atoms with Gasteiger partial charge in [0, 0.05) is 5.56 Å². The van der Waals surface area contributed by atoms with E-state index in [2.05, 4.69) is 0 Å². The Labute approximate surface area is 163 Å². The van der Waals surface area contributed by atoms with Gasteiger partial charge in [0.1, 0.15) is 5.75 Å². The Balaban J connectivity index is 1.46. The first kappa shape index (κ1) is 18.2. The number of hydrogen-bond donors (Lipinski definition) is 0. The predicted molar refractivity (Wildman–Crippen MR) is 105 cm³/mol. The highest BCUT2D eigenvalue weighted by atomic mass is 16.5. The minimum absolute atomic E-state index is 0.105. The first-order valence-electron chi connectivity index (χ1n) is 9.45. The van der Waals surface area contributed by atoms with Crippen molar-refractivity contribution >= 4 is 23.3 Å². The van der Waals surface area contributed by atoms with Crippen LogP contribution in [0.1, 0.15) is 30.1 Å². The van der Waals surface area contributed by atoms with Crippen molar-refractivity contribution in [1.82, 2.24) is 0 Å². The molecule has 4 rings (SSSR count). The number of anilines is 1. The number of carbonyl (C=O) groups excluding carboxylic acids is 3. The highest BCUT2D eigenvalue weighted by molar-refractivity contribution is 6.22. The lowest BCUT2D eigenvalue weighted by molar-refractivity contribution is -0.122. The van der Waals surface area contributed by atoms with Crippen LogP contribution in [0.5, 0.6) is 5.75 Å². The van der Waals surface area contributed by atoms with E-state index in [9.17, 15) is 14.4 Å².